The first-order valence-electron chi connectivity index (χ1n) is 9.61. The first-order valence-corrected chi connectivity index (χ1v) is 9.61. The molecule has 1 amide bonds. The molecule has 9 heteroatoms. The van der Waals surface area contributed by atoms with Crippen molar-refractivity contribution in [3.8, 4) is 17.1 Å². The molecule has 0 saturated carbocycles. The number of H-pyrrole nitrogens is 1. The monoisotopic (exact) mass is 428 g/mol. The average molecular weight is 428 g/mol. The van der Waals surface area contributed by atoms with Gasteiger partial charge in [0.05, 0.1) is 0 Å². The van der Waals surface area contributed by atoms with Crippen LogP contribution in [0.3, 0.4) is 0 Å². The van der Waals surface area contributed by atoms with Crippen molar-refractivity contribution < 1.29 is 18.3 Å². The molecule has 0 bridgehead atoms. The second kappa shape index (κ2) is 9.92. The Morgan fingerprint density at radius 3 is 2.65 bits per heavy atom. The number of amides is 1. The van der Waals surface area contributed by atoms with Gasteiger partial charge in [0.15, 0.2) is 0 Å². The fourth-order valence-corrected chi connectivity index (χ4v) is 3.16. The molecule has 0 unspecified atom stereocenters. The van der Waals surface area contributed by atoms with Gasteiger partial charge in [-0.1, -0.05) is 12.1 Å². The van der Waals surface area contributed by atoms with Gasteiger partial charge in [-0.25, -0.2) is 4.98 Å². The molecule has 162 valence electrons. The van der Waals surface area contributed by atoms with Gasteiger partial charge in [0.2, 0.25) is 5.91 Å². The van der Waals surface area contributed by atoms with E-state index in [0.29, 0.717) is 22.6 Å². The van der Waals surface area contributed by atoms with Crippen molar-refractivity contribution in [3.05, 3.63) is 76.0 Å². The van der Waals surface area contributed by atoms with Crippen LogP contribution in [0, 0.1) is 6.92 Å². The molecule has 0 spiro atoms. The zero-order chi connectivity index (χ0) is 22.4. The zero-order valence-corrected chi connectivity index (χ0v) is 17.1. The molecule has 0 aliphatic carbocycles. The lowest BCUT2D eigenvalue weighted by molar-refractivity contribution is -0.130. The molecule has 7 nitrogen and oxygen atoms in total. The number of hydrogen-bond acceptors (Lipinski definition) is 5. The predicted octanol–water partition coefficient (Wildman–Crippen LogP) is 3.33. The highest BCUT2D eigenvalue weighted by Crippen LogP contribution is 2.18. The summed E-state index contributed by atoms with van der Waals surface area (Å²) in [5.41, 5.74) is 2.13. The summed E-state index contributed by atoms with van der Waals surface area (Å²) in [5, 5.41) is 0. The highest BCUT2D eigenvalue weighted by atomic mass is 19.3. The molecule has 2 heterocycles. The number of carbonyl (C=O) groups is 1. The summed E-state index contributed by atoms with van der Waals surface area (Å²) < 4.78 is 29.1. The van der Waals surface area contributed by atoms with Crippen molar-refractivity contribution in [2.45, 2.75) is 32.9 Å². The normalized spacial score (nSPS) is 10.9. The number of nitrogens with one attached hydrogen (secondary N) is 1. The van der Waals surface area contributed by atoms with Crippen molar-refractivity contribution in [1.29, 1.82) is 0 Å². The van der Waals surface area contributed by atoms with Crippen molar-refractivity contribution >= 4 is 5.91 Å². The number of rotatable bonds is 8. The van der Waals surface area contributed by atoms with Crippen LogP contribution in [-0.2, 0) is 17.8 Å². The van der Waals surface area contributed by atoms with Crippen LogP contribution < -0.4 is 10.3 Å². The molecule has 1 aromatic carbocycles. The summed E-state index contributed by atoms with van der Waals surface area (Å²) in [6.45, 7) is -0.944. The van der Waals surface area contributed by atoms with Crippen molar-refractivity contribution in [2.24, 2.45) is 0 Å². The number of benzene rings is 1. The molecule has 31 heavy (non-hydrogen) atoms. The largest absolute Gasteiger partial charge is 0.435 e. The molecule has 0 atom stereocenters. The van der Waals surface area contributed by atoms with Gasteiger partial charge in [-0.3, -0.25) is 14.6 Å². The summed E-state index contributed by atoms with van der Waals surface area (Å²) in [7, 11) is 1.62. The van der Waals surface area contributed by atoms with Crippen LogP contribution in [0.4, 0.5) is 8.78 Å². The molecule has 2 aromatic heterocycles. The van der Waals surface area contributed by atoms with Crippen LogP contribution in [0.5, 0.6) is 5.75 Å². The van der Waals surface area contributed by atoms with Gasteiger partial charge in [0.1, 0.15) is 11.6 Å². The van der Waals surface area contributed by atoms with Crippen molar-refractivity contribution in [2.75, 3.05) is 7.05 Å². The number of aromatic nitrogens is 3. The van der Waals surface area contributed by atoms with E-state index in [2.05, 4.69) is 19.7 Å². The number of hydrogen-bond donors (Lipinski definition) is 1. The highest BCUT2D eigenvalue weighted by molar-refractivity contribution is 5.76. The van der Waals surface area contributed by atoms with Crippen LogP contribution in [0.2, 0.25) is 0 Å². The van der Waals surface area contributed by atoms with E-state index in [1.807, 2.05) is 0 Å². The number of pyridine rings is 1. The van der Waals surface area contributed by atoms with Gasteiger partial charge in [-0.2, -0.15) is 8.78 Å². The summed E-state index contributed by atoms with van der Waals surface area (Å²) in [6.07, 6.45) is 3.58. The number of halogens is 2. The zero-order valence-electron chi connectivity index (χ0n) is 17.1. The standard InChI is InChI=1S/C22H22F2N4O3/c1-14-18(21(30)27-20(26-14)16-8-10-25-11-9-16)6-7-19(29)28(2)13-15-4-3-5-17(12-15)31-22(23)24/h3-5,8-12,22H,6-7,13H2,1-2H3,(H,26,27,30). The van der Waals surface area contributed by atoms with Gasteiger partial charge in [0, 0.05) is 49.2 Å². The molecular formula is C22H22F2N4O3. The molecule has 3 aromatic rings. The second-order valence-electron chi connectivity index (χ2n) is 6.99. The Labute approximate surface area is 177 Å². The Kier molecular flexibility index (Phi) is 7.07. The number of ether oxygens (including phenoxy) is 1. The van der Waals surface area contributed by atoms with E-state index in [9.17, 15) is 18.4 Å². The number of aryl methyl sites for hydroxylation is 1. The van der Waals surface area contributed by atoms with E-state index in [1.165, 1.54) is 17.0 Å². The summed E-state index contributed by atoms with van der Waals surface area (Å²) in [6, 6.07) is 9.69. The summed E-state index contributed by atoms with van der Waals surface area (Å²) >= 11 is 0. The first-order chi connectivity index (χ1) is 14.8. The second-order valence-corrected chi connectivity index (χ2v) is 6.99. The Morgan fingerprint density at radius 1 is 1.23 bits per heavy atom. The van der Waals surface area contributed by atoms with Crippen LogP contribution in [0.15, 0.2) is 53.6 Å². The number of nitrogens with zero attached hydrogens (tertiary/aromatic N) is 3. The Bertz CT molecular complexity index is 1100. The van der Waals surface area contributed by atoms with Gasteiger partial charge < -0.3 is 14.6 Å². The molecule has 1 N–H and O–H groups in total. The van der Waals surface area contributed by atoms with E-state index in [0.717, 1.165) is 5.56 Å². The maximum Gasteiger partial charge on any atom is 0.387 e. The van der Waals surface area contributed by atoms with E-state index in [-0.39, 0.29) is 36.6 Å². The van der Waals surface area contributed by atoms with Crippen LogP contribution in [-0.4, -0.2) is 39.4 Å². The third kappa shape index (κ3) is 5.94. The minimum Gasteiger partial charge on any atom is -0.435 e. The highest BCUT2D eigenvalue weighted by Gasteiger charge is 2.15. The van der Waals surface area contributed by atoms with Gasteiger partial charge >= 0.3 is 6.61 Å². The predicted molar refractivity (Wildman–Crippen MR) is 111 cm³/mol. The summed E-state index contributed by atoms with van der Waals surface area (Å²) in [4.78, 5) is 37.7. The van der Waals surface area contributed by atoms with Crippen LogP contribution in [0.1, 0.15) is 23.2 Å². The fourth-order valence-electron chi connectivity index (χ4n) is 3.16. The van der Waals surface area contributed by atoms with E-state index < -0.39 is 6.61 Å². The van der Waals surface area contributed by atoms with E-state index in [1.54, 1.807) is 50.6 Å². The molecule has 0 saturated heterocycles. The molecular weight excluding hydrogens is 406 g/mol. The van der Waals surface area contributed by atoms with Gasteiger partial charge in [-0.05, 0) is 43.2 Å². The average Bonchev–Trinajstić information content (AvgIpc) is 2.73. The topological polar surface area (TPSA) is 88.2 Å². The minimum absolute atomic E-state index is 0.0378. The lowest BCUT2D eigenvalue weighted by Crippen LogP contribution is -2.27. The Morgan fingerprint density at radius 2 is 1.97 bits per heavy atom. The SMILES string of the molecule is Cc1nc(-c2ccncc2)[nH]c(=O)c1CCC(=O)N(C)Cc1cccc(OC(F)F)c1. The lowest BCUT2D eigenvalue weighted by atomic mass is 10.1. The Hall–Kier alpha value is -3.62. The van der Waals surface area contributed by atoms with E-state index >= 15 is 0 Å². The fraction of sp³-hybridized carbons (Fsp3) is 0.273. The number of alkyl halides is 2. The summed E-state index contributed by atoms with van der Waals surface area (Å²) in [5.74, 6) is 0.302. The van der Waals surface area contributed by atoms with Crippen LogP contribution in [0.25, 0.3) is 11.4 Å². The molecule has 0 radical (unpaired) electrons. The number of carbonyl (C=O) groups excluding carboxylic acids is 1. The smallest absolute Gasteiger partial charge is 0.387 e. The van der Waals surface area contributed by atoms with E-state index in [4.69, 9.17) is 0 Å². The quantitative estimate of drug-likeness (QED) is 0.595. The maximum absolute atomic E-state index is 12.5. The molecule has 0 aliphatic rings. The minimum atomic E-state index is -2.91. The third-order valence-electron chi connectivity index (χ3n) is 4.73. The first kappa shape index (κ1) is 22.1. The maximum atomic E-state index is 12.5. The lowest BCUT2D eigenvalue weighted by Gasteiger charge is -2.18. The van der Waals surface area contributed by atoms with Crippen LogP contribution >= 0.6 is 0 Å². The number of aromatic amines is 1. The molecule has 0 aliphatic heterocycles. The Balaban J connectivity index is 1.63. The third-order valence-corrected chi connectivity index (χ3v) is 4.73. The van der Waals surface area contributed by atoms with Crippen molar-refractivity contribution in [3.63, 3.8) is 0 Å². The van der Waals surface area contributed by atoms with Crippen molar-refractivity contribution in [1.82, 2.24) is 19.9 Å². The van der Waals surface area contributed by atoms with Gasteiger partial charge in [-0.15, -0.1) is 0 Å². The molecule has 3 rings (SSSR count). The molecule has 0 fully saturated rings. The van der Waals surface area contributed by atoms with Gasteiger partial charge in [0.25, 0.3) is 5.56 Å².